The third-order valence-corrected chi connectivity index (χ3v) is 6.20. The molecular weight excluding hydrogens is 332 g/mol. The van der Waals surface area contributed by atoms with Gasteiger partial charge in [0.2, 0.25) is 0 Å². The maximum atomic E-state index is 12.1. The first kappa shape index (κ1) is 18.2. The standard InChI is InChI=1S/C24H30N2O/c1-17-6-4-5-7-23(17)20-14-22(15-20)26(21-12-13-21)16-18-8-10-19(11-9-18)24(27)25(2)3/h4-11,20-22H,12-16H2,1-3H3. The second-order valence-electron chi connectivity index (χ2n) is 8.48. The lowest BCUT2D eigenvalue weighted by atomic mass is 9.73. The Labute approximate surface area is 163 Å². The number of rotatable bonds is 6. The van der Waals surface area contributed by atoms with Crippen molar-refractivity contribution >= 4 is 5.91 Å². The highest BCUT2D eigenvalue weighted by molar-refractivity contribution is 5.93. The van der Waals surface area contributed by atoms with E-state index in [0.29, 0.717) is 6.04 Å². The zero-order chi connectivity index (χ0) is 19.0. The molecule has 0 heterocycles. The first-order valence-electron chi connectivity index (χ1n) is 10.1. The molecule has 2 saturated carbocycles. The number of amides is 1. The topological polar surface area (TPSA) is 23.6 Å². The Morgan fingerprint density at radius 3 is 2.22 bits per heavy atom. The SMILES string of the molecule is Cc1ccccc1C1CC(N(Cc2ccc(C(=O)N(C)C)cc2)C2CC2)C1. The van der Waals surface area contributed by atoms with Gasteiger partial charge in [-0.1, -0.05) is 36.4 Å². The normalized spacial score (nSPS) is 21.8. The third kappa shape index (κ3) is 3.93. The summed E-state index contributed by atoms with van der Waals surface area (Å²) in [6, 6.07) is 18.5. The van der Waals surface area contributed by atoms with Crippen LogP contribution in [0.5, 0.6) is 0 Å². The summed E-state index contributed by atoms with van der Waals surface area (Å²) in [7, 11) is 3.60. The van der Waals surface area contributed by atoms with Gasteiger partial charge in [-0.3, -0.25) is 9.69 Å². The van der Waals surface area contributed by atoms with E-state index in [1.54, 1.807) is 19.0 Å². The fourth-order valence-corrected chi connectivity index (χ4v) is 4.34. The molecule has 0 unspecified atom stereocenters. The molecule has 3 nitrogen and oxygen atoms in total. The minimum atomic E-state index is 0.0701. The van der Waals surface area contributed by atoms with Crippen LogP contribution >= 0.6 is 0 Å². The second kappa shape index (κ2) is 7.47. The molecule has 1 amide bonds. The van der Waals surface area contributed by atoms with Crippen molar-refractivity contribution < 1.29 is 4.79 Å². The zero-order valence-electron chi connectivity index (χ0n) is 16.7. The molecule has 0 N–H and O–H groups in total. The Bertz CT molecular complexity index is 801. The number of hydrogen-bond donors (Lipinski definition) is 0. The Morgan fingerprint density at radius 2 is 1.63 bits per heavy atom. The van der Waals surface area contributed by atoms with Gasteiger partial charge < -0.3 is 4.90 Å². The Balaban J connectivity index is 1.40. The molecule has 0 spiro atoms. The van der Waals surface area contributed by atoms with Crippen molar-refractivity contribution in [3.63, 3.8) is 0 Å². The summed E-state index contributed by atoms with van der Waals surface area (Å²) in [6.07, 6.45) is 5.22. The first-order valence-corrected chi connectivity index (χ1v) is 10.1. The van der Waals surface area contributed by atoms with E-state index in [0.717, 1.165) is 24.1 Å². The van der Waals surface area contributed by atoms with E-state index in [1.165, 1.54) is 42.4 Å². The molecule has 2 aliphatic rings. The summed E-state index contributed by atoms with van der Waals surface area (Å²) < 4.78 is 0. The van der Waals surface area contributed by atoms with E-state index in [2.05, 4.69) is 48.2 Å². The predicted octanol–water partition coefficient (Wildman–Crippen LogP) is 4.61. The van der Waals surface area contributed by atoms with Gasteiger partial charge in [-0.2, -0.15) is 0 Å². The first-order chi connectivity index (χ1) is 13.0. The Morgan fingerprint density at radius 1 is 0.963 bits per heavy atom. The molecule has 2 fully saturated rings. The Kier molecular flexibility index (Phi) is 5.05. The number of carbonyl (C=O) groups is 1. The molecule has 27 heavy (non-hydrogen) atoms. The minimum Gasteiger partial charge on any atom is -0.345 e. The van der Waals surface area contributed by atoms with Crippen LogP contribution in [0.15, 0.2) is 48.5 Å². The number of carbonyl (C=O) groups excluding carboxylic acids is 1. The minimum absolute atomic E-state index is 0.0701. The smallest absolute Gasteiger partial charge is 0.253 e. The maximum absolute atomic E-state index is 12.1. The van der Waals surface area contributed by atoms with Crippen molar-refractivity contribution in [3.05, 3.63) is 70.8 Å². The van der Waals surface area contributed by atoms with Crippen LogP contribution in [0.4, 0.5) is 0 Å². The van der Waals surface area contributed by atoms with Crippen LogP contribution < -0.4 is 0 Å². The lowest BCUT2D eigenvalue weighted by Crippen LogP contribution is -2.44. The molecule has 0 atom stereocenters. The van der Waals surface area contributed by atoms with E-state index < -0.39 is 0 Å². The lowest BCUT2D eigenvalue weighted by molar-refractivity contribution is 0.0827. The molecule has 2 aliphatic carbocycles. The van der Waals surface area contributed by atoms with Crippen molar-refractivity contribution in [2.75, 3.05) is 14.1 Å². The van der Waals surface area contributed by atoms with Gasteiger partial charge in [-0.15, -0.1) is 0 Å². The van der Waals surface area contributed by atoms with Crippen molar-refractivity contribution in [2.45, 2.75) is 57.2 Å². The Hall–Kier alpha value is -2.13. The molecular formula is C24H30N2O. The average molecular weight is 363 g/mol. The fourth-order valence-electron chi connectivity index (χ4n) is 4.34. The summed E-state index contributed by atoms with van der Waals surface area (Å²) in [6.45, 7) is 3.24. The number of aryl methyl sites for hydroxylation is 1. The van der Waals surface area contributed by atoms with Gasteiger partial charge >= 0.3 is 0 Å². The van der Waals surface area contributed by atoms with Crippen LogP contribution in [0.3, 0.4) is 0 Å². The molecule has 0 bridgehead atoms. The average Bonchev–Trinajstić information content (AvgIpc) is 3.46. The molecule has 2 aromatic carbocycles. The quantitative estimate of drug-likeness (QED) is 0.749. The largest absolute Gasteiger partial charge is 0.345 e. The van der Waals surface area contributed by atoms with E-state index in [1.807, 2.05) is 12.1 Å². The van der Waals surface area contributed by atoms with Crippen LogP contribution in [0.25, 0.3) is 0 Å². The fraction of sp³-hybridized carbons (Fsp3) is 0.458. The van der Waals surface area contributed by atoms with Crippen LogP contribution in [0.1, 0.15) is 58.6 Å². The monoisotopic (exact) mass is 362 g/mol. The highest BCUT2D eigenvalue weighted by Crippen LogP contribution is 2.44. The van der Waals surface area contributed by atoms with Gasteiger partial charge in [0.05, 0.1) is 0 Å². The molecule has 4 rings (SSSR count). The summed E-state index contributed by atoms with van der Waals surface area (Å²) in [5.41, 5.74) is 5.05. The molecule has 0 aliphatic heterocycles. The van der Waals surface area contributed by atoms with Gasteiger partial charge in [0.1, 0.15) is 0 Å². The van der Waals surface area contributed by atoms with Gasteiger partial charge in [0.25, 0.3) is 5.91 Å². The van der Waals surface area contributed by atoms with Crippen molar-refractivity contribution in [2.24, 2.45) is 0 Å². The van der Waals surface area contributed by atoms with Crippen molar-refractivity contribution in [1.82, 2.24) is 9.80 Å². The number of hydrogen-bond acceptors (Lipinski definition) is 2. The van der Waals surface area contributed by atoms with Gasteiger partial charge in [-0.05, 0) is 67.3 Å². The molecule has 3 heteroatoms. The summed E-state index contributed by atoms with van der Waals surface area (Å²) >= 11 is 0. The van der Waals surface area contributed by atoms with Gasteiger partial charge in [0.15, 0.2) is 0 Å². The predicted molar refractivity (Wildman–Crippen MR) is 110 cm³/mol. The van der Waals surface area contributed by atoms with E-state index in [9.17, 15) is 4.79 Å². The summed E-state index contributed by atoms with van der Waals surface area (Å²) in [5, 5.41) is 0. The zero-order valence-corrected chi connectivity index (χ0v) is 16.7. The molecule has 142 valence electrons. The van der Waals surface area contributed by atoms with Crippen LogP contribution in [-0.4, -0.2) is 41.9 Å². The molecule has 0 aromatic heterocycles. The second-order valence-corrected chi connectivity index (χ2v) is 8.48. The van der Waals surface area contributed by atoms with E-state index in [4.69, 9.17) is 0 Å². The lowest BCUT2D eigenvalue weighted by Gasteiger charge is -2.44. The highest BCUT2D eigenvalue weighted by atomic mass is 16.2. The van der Waals surface area contributed by atoms with Crippen LogP contribution in [-0.2, 0) is 6.54 Å². The molecule has 0 saturated heterocycles. The summed E-state index contributed by atoms with van der Waals surface area (Å²) in [5.74, 6) is 0.790. The summed E-state index contributed by atoms with van der Waals surface area (Å²) in [4.78, 5) is 16.4. The number of nitrogens with zero attached hydrogens (tertiary/aromatic N) is 2. The van der Waals surface area contributed by atoms with Crippen LogP contribution in [0, 0.1) is 6.92 Å². The molecule has 0 radical (unpaired) electrons. The van der Waals surface area contributed by atoms with Gasteiger partial charge in [-0.25, -0.2) is 0 Å². The number of benzene rings is 2. The van der Waals surface area contributed by atoms with Crippen molar-refractivity contribution in [1.29, 1.82) is 0 Å². The van der Waals surface area contributed by atoms with E-state index >= 15 is 0 Å². The molecule has 2 aromatic rings. The van der Waals surface area contributed by atoms with E-state index in [-0.39, 0.29) is 5.91 Å². The van der Waals surface area contributed by atoms with Gasteiger partial charge in [0, 0.05) is 38.3 Å². The van der Waals surface area contributed by atoms with Crippen LogP contribution in [0.2, 0.25) is 0 Å². The third-order valence-electron chi connectivity index (χ3n) is 6.20. The maximum Gasteiger partial charge on any atom is 0.253 e. The van der Waals surface area contributed by atoms with Crippen molar-refractivity contribution in [3.8, 4) is 0 Å². The highest BCUT2D eigenvalue weighted by Gasteiger charge is 2.41.